The quantitative estimate of drug-likeness (QED) is 0.612. The lowest BCUT2D eigenvalue weighted by molar-refractivity contribution is 0.366. The predicted molar refractivity (Wildman–Crippen MR) is 50.6 cm³/mol. The Bertz CT molecular complexity index is 83.6. The van der Waals surface area contributed by atoms with Crippen molar-refractivity contribution in [3.63, 3.8) is 0 Å². The van der Waals surface area contributed by atoms with E-state index in [9.17, 15) is 0 Å². The van der Waals surface area contributed by atoms with Gasteiger partial charge in [-0.3, -0.25) is 0 Å². The van der Waals surface area contributed by atoms with Crippen molar-refractivity contribution in [1.29, 1.82) is 0 Å². The standard InChI is InChI=1S/C9H22N2/c1-4-6-8(3)9(7-10)11-5-2/h8-9,11H,4-7,10H2,1-3H3. The van der Waals surface area contributed by atoms with Gasteiger partial charge in [-0.2, -0.15) is 0 Å². The molecule has 0 rings (SSSR count). The lowest BCUT2D eigenvalue weighted by Gasteiger charge is -2.22. The fourth-order valence-corrected chi connectivity index (χ4v) is 1.44. The molecule has 0 saturated carbocycles. The van der Waals surface area contributed by atoms with E-state index >= 15 is 0 Å². The van der Waals surface area contributed by atoms with Gasteiger partial charge in [-0.05, 0) is 18.9 Å². The molecule has 2 nitrogen and oxygen atoms in total. The first kappa shape index (κ1) is 10.9. The van der Waals surface area contributed by atoms with Gasteiger partial charge in [0.1, 0.15) is 0 Å². The Morgan fingerprint density at radius 2 is 2.00 bits per heavy atom. The van der Waals surface area contributed by atoms with Crippen LogP contribution < -0.4 is 11.1 Å². The Labute approximate surface area is 70.5 Å². The minimum atomic E-state index is 0.514. The smallest absolute Gasteiger partial charge is 0.0215 e. The van der Waals surface area contributed by atoms with Gasteiger partial charge in [0.2, 0.25) is 0 Å². The molecular weight excluding hydrogens is 136 g/mol. The van der Waals surface area contributed by atoms with Crippen molar-refractivity contribution in [2.45, 2.75) is 39.7 Å². The summed E-state index contributed by atoms with van der Waals surface area (Å²) in [5.41, 5.74) is 5.63. The number of likely N-dealkylation sites (N-methyl/N-ethyl adjacent to an activating group) is 1. The van der Waals surface area contributed by atoms with E-state index in [0.717, 1.165) is 13.1 Å². The summed E-state index contributed by atoms with van der Waals surface area (Å²) in [6.45, 7) is 8.39. The third-order valence-electron chi connectivity index (χ3n) is 2.15. The summed E-state index contributed by atoms with van der Waals surface area (Å²) in [5, 5.41) is 3.39. The second-order valence-corrected chi connectivity index (χ2v) is 3.17. The molecule has 68 valence electrons. The first-order valence-electron chi connectivity index (χ1n) is 4.69. The predicted octanol–water partition coefficient (Wildman–Crippen LogP) is 1.36. The molecule has 11 heavy (non-hydrogen) atoms. The molecule has 0 aliphatic rings. The van der Waals surface area contributed by atoms with E-state index in [4.69, 9.17) is 5.73 Å². The molecule has 0 saturated heterocycles. The molecule has 2 unspecified atom stereocenters. The average Bonchev–Trinajstić information content (AvgIpc) is 2.00. The molecule has 0 spiro atoms. The van der Waals surface area contributed by atoms with Gasteiger partial charge in [-0.1, -0.05) is 27.2 Å². The van der Waals surface area contributed by atoms with Gasteiger partial charge < -0.3 is 11.1 Å². The zero-order chi connectivity index (χ0) is 8.69. The van der Waals surface area contributed by atoms with Crippen LogP contribution in [0.5, 0.6) is 0 Å². The molecule has 0 bridgehead atoms. The molecule has 3 N–H and O–H groups in total. The molecule has 0 radical (unpaired) electrons. The van der Waals surface area contributed by atoms with Crippen LogP contribution in [0.3, 0.4) is 0 Å². The summed E-state index contributed by atoms with van der Waals surface area (Å²) in [4.78, 5) is 0. The second-order valence-electron chi connectivity index (χ2n) is 3.17. The molecule has 2 atom stereocenters. The van der Waals surface area contributed by atoms with Crippen molar-refractivity contribution in [1.82, 2.24) is 5.32 Å². The summed E-state index contributed by atoms with van der Waals surface area (Å²) in [5.74, 6) is 0.713. The zero-order valence-corrected chi connectivity index (χ0v) is 8.06. The zero-order valence-electron chi connectivity index (χ0n) is 8.06. The summed E-state index contributed by atoms with van der Waals surface area (Å²) in [7, 11) is 0. The van der Waals surface area contributed by atoms with Crippen LogP contribution in [-0.2, 0) is 0 Å². The van der Waals surface area contributed by atoms with E-state index < -0.39 is 0 Å². The van der Waals surface area contributed by atoms with E-state index in [1.54, 1.807) is 0 Å². The van der Waals surface area contributed by atoms with Gasteiger partial charge in [0.15, 0.2) is 0 Å². The molecular formula is C9H22N2. The van der Waals surface area contributed by atoms with Crippen LogP contribution in [0.1, 0.15) is 33.6 Å². The summed E-state index contributed by atoms with van der Waals surface area (Å²) < 4.78 is 0. The molecule has 2 heteroatoms. The third kappa shape index (κ3) is 4.38. The average molecular weight is 158 g/mol. The molecule has 0 aromatic carbocycles. The Morgan fingerprint density at radius 3 is 2.36 bits per heavy atom. The maximum Gasteiger partial charge on any atom is 0.0215 e. The van der Waals surface area contributed by atoms with Crippen LogP contribution in [0.15, 0.2) is 0 Å². The van der Waals surface area contributed by atoms with Gasteiger partial charge in [-0.25, -0.2) is 0 Å². The Kier molecular flexibility index (Phi) is 6.57. The molecule has 0 aromatic rings. The maximum absolute atomic E-state index is 5.63. The van der Waals surface area contributed by atoms with Crippen molar-refractivity contribution in [2.24, 2.45) is 11.7 Å². The highest BCUT2D eigenvalue weighted by Gasteiger charge is 2.12. The lowest BCUT2D eigenvalue weighted by atomic mass is 9.97. The van der Waals surface area contributed by atoms with E-state index in [1.165, 1.54) is 12.8 Å². The van der Waals surface area contributed by atoms with Crippen LogP contribution in [0.25, 0.3) is 0 Å². The number of hydrogen-bond donors (Lipinski definition) is 2. The first-order valence-corrected chi connectivity index (χ1v) is 4.69. The van der Waals surface area contributed by atoms with Crippen LogP contribution in [0.2, 0.25) is 0 Å². The van der Waals surface area contributed by atoms with Crippen molar-refractivity contribution < 1.29 is 0 Å². The number of rotatable bonds is 6. The van der Waals surface area contributed by atoms with Crippen LogP contribution >= 0.6 is 0 Å². The molecule has 0 aromatic heterocycles. The van der Waals surface area contributed by atoms with Crippen LogP contribution in [0.4, 0.5) is 0 Å². The Hall–Kier alpha value is -0.0800. The van der Waals surface area contributed by atoms with Crippen molar-refractivity contribution >= 4 is 0 Å². The number of hydrogen-bond acceptors (Lipinski definition) is 2. The molecule has 0 aliphatic heterocycles. The minimum Gasteiger partial charge on any atom is -0.329 e. The van der Waals surface area contributed by atoms with E-state index in [2.05, 4.69) is 26.1 Å². The van der Waals surface area contributed by atoms with Crippen molar-refractivity contribution in [2.75, 3.05) is 13.1 Å². The Balaban J connectivity index is 3.61. The first-order chi connectivity index (χ1) is 5.26. The highest BCUT2D eigenvalue weighted by Crippen LogP contribution is 2.09. The van der Waals surface area contributed by atoms with Crippen LogP contribution in [0, 0.1) is 5.92 Å². The summed E-state index contributed by atoms with van der Waals surface area (Å²) in [6.07, 6.45) is 2.53. The summed E-state index contributed by atoms with van der Waals surface area (Å²) >= 11 is 0. The highest BCUT2D eigenvalue weighted by atomic mass is 14.9. The number of nitrogens with one attached hydrogen (secondary N) is 1. The van der Waals surface area contributed by atoms with E-state index in [-0.39, 0.29) is 0 Å². The van der Waals surface area contributed by atoms with Gasteiger partial charge >= 0.3 is 0 Å². The molecule has 0 fully saturated rings. The monoisotopic (exact) mass is 158 g/mol. The van der Waals surface area contributed by atoms with E-state index in [1.807, 2.05) is 0 Å². The normalized spacial score (nSPS) is 16.4. The van der Waals surface area contributed by atoms with Crippen LogP contribution in [-0.4, -0.2) is 19.1 Å². The SMILES string of the molecule is CCCC(C)C(CN)NCC. The third-order valence-corrected chi connectivity index (χ3v) is 2.15. The maximum atomic E-state index is 5.63. The summed E-state index contributed by atoms with van der Waals surface area (Å²) in [6, 6.07) is 0.514. The van der Waals surface area contributed by atoms with Gasteiger partial charge in [-0.15, -0.1) is 0 Å². The largest absolute Gasteiger partial charge is 0.329 e. The van der Waals surface area contributed by atoms with Gasteiger partial charge in [0, 0.05) is 12.6 Å². The fourth-order valence-electron chi connectivity index (χ4n) is 1.44. The minimum absolute atomic E-state index is 0.514. The Morgan fingerprint density at radius 1 is 1.36 bits per heavy atom. The molecule has 0 amide bonds. The van der Waals surface area contributed by atoms with Gasteiger partial charge in [0.25, 0.3) is 0 Å². The number of nitrogens with two attached hydrogens (primary N) is 1. The molecule has 0 aliphatic carbocycles. The highest BCUT2D eigenvalue weighted by molar-refractivity contribution is 4.72. The topological polar surface area (TPSA) is 38.0 Å². The second kappa shape index (κ2) is 6.62. The fraction of sp³-hybridized carbons (Fsp3) is 1.00. The van der Waals surface area contributed by atoms with Crippen molar-refractivity contribution in [3.05, 3.63) is 0 Å². The van der Waals surface area contributed by atoms with Gasteiger partial charge in [0.05, 0.1) is 0 Å². The van der Waals surface area contributed by atoms with Crippen molar-refractivity contribution in [3.8, 4) is 0 Å². The lowest BCUT2D eigenvalue weighted by Crippen LogP contribution is -2.40. The molecule has 0 heterocycles. The van der Waals surface area contributed by atoms with E-state index in [0.29, 0.717) is 12.0 Å².